The minimum absolute atomic E-state index is 0.224. The smallest absolute Gasteiger partial charge is 0.249 e. The number of halogens is 1. The molecular formula is C24H22ClN3O3. The van der Waals surface area contributed by atoms with Crippen molar-refractivity contribution in [3.8, 4) is 11.5 Å². The molecule has 158 valence electrons. The lowest BCUT2D eigenvalue weighted by Gasteiger charge is -2.22. The van der Waals surface area contributed by atoms with Gasteiger partial charge in [-0.2, -0.15) is 0 Å². The molecule has 0 saturated carbocycles. The van der Waals surface area contributed by atoms with Crippen molar-refractivity contribution in [1.82, 2.24) is 5.32 Å². The van der Waals surface area contributed by atoms with E-state index in [1.807, 2.05) is 72.8 Å². The van der Waals surface area contributed by atoms with E-state index in [1.54, 1.807) is 0 Å². The molecule has 1 heterocycles. The second-order valence-corrected chi connectivity index (χ2v) is 7.72. The molecule has 0 spiro atoms. The van der Waals surface area contributed by atoms with Crippen molar-refractivity contribution in [2.75, 3.05) is 10.6 Å². The molecule has 3 aromatic rings. The van der Waals surface area contributed by atoms with E-state index in [0.29, 0.717) is 25.1 Å². The fraction of sp³-hybridized carbons (Fsp3) is 0.167. The van der Waals surface area contributed by atoms with E-state index in [2.05, 4.69) is 16.0 Å². The summed E-state index contributed by atoms with van der Waals surface area (Å²) >= 11 is 5.91. The molecule has 0 unspecified atom stereocenters. The average molecular weight is 436 g/mol. The number of carbonyl (C=O) groups is 2. The van der Waals surface area contributed by atoms with Crippen molar-refractivity contribution in [3.63, 3.8) is 0 Å². The molecule has 1 saturated heterocycles. The quantitative estimate of drug-likeness (QED) is 0.457. The summed E-state index contributed by atoms with van der Waals surface area (Å²) in [6.45, 7) is 0.707. The molecule has 1 aliphatic rings. The van der Waals surface area contributed by atoms with E-state index < -0.39 is 6.04 Å². The largest absolute Gasteiger partial charge is 0.457 e. The van der Waals surface area contributed by atoms with Gasteiger partial charge >= 0.3 is 0 Å². The first-order valence-corrected chi connectivity index (χ1v) is 10.4. The third-order valence-corrected chi connectivity index (χ3v) is 5.19. The van der Waals surface area contributed by atoms with Crippen molar-refractivity contribution >= 4 is 34.8 Å². The number of rotatable bonds is 7. The minimum Gasteiger partial charge on any atom is -0.457 e. The Labute approximate surface area is 185 Å². The fourth-order valence-corrected chi connectivity index (χ4v) is 3.36. The Kier molecular flexibility index (Phi) is 6.38. The zero-order valence-electron chi connectivity index (χ0n) is 16.7. The molecule has 3 N–H and O–H groups in total. The van der Waals surface area contributed by atoms with Gasteiger partial charge in [-0.15, -0.1) is 0 Å². The van der Waals surface area contributed by atoms with Gasteiger partial charge in [0.15, 0.2) is 0 Å². The van der Waals surface area contributed by atoms with Crippen LogP contribution in [0.25, 0.3) is 0 Å². The van der Waals surface area contributed by atoms with Gasteiger partial charge in [0, 0.05) is 29.4 Å². The van der Waals surface area contributed by atoms with Crippen LogP contribution in [-0.2, 0) is 16.1 Å². The van der Waals surface area contributed by atoms with Crippen molar-refractivity contribution < 1.29 is 14.3 Å². The van der Waals surface area contributed by atoms with Crippen LogP contribution in [0.5, 0.6) is 11.5 Å². The minimum atomic E-state index is -0.405. The number of amides is 2. The van der Waals surface area contributed by atoms with Crippen LogP contribution in [0, 0.1) is 0 Å². The van der Waals surface area contributed by atoms with E-state index in [-0.39, 0.29) is 11.8 Å². The second kappa shape index (κ2) is 9.53. The number of carbonyl (C=O) groups excluding carboxylic acids is 2. The molecule has 31 heavy (non-hydrogen) atoms. The van der Waals surface area contributed by atoms with Gasteiger partial charge in [-0.3, -0.25) is 14.9 Å². The van der Waals surface area contributed by atoms with Crippen LogP contribution in [0.3, 0.4) is 0 Å². The highest BCUT2D eigenvalue weighted by Crippen LogP contribution is 2.25. The van der Waals surface area contributed by atoms with E-state index >= 15 is 0 Å². The highest BCUT2D eigenvalue weighted by Gasteiger charge is 2.26. The van der Waals surface area contributed by atoms with Crippen LogP contribution in [0.15, 0.2) is 72.8 Å². The second-order valence-electron chi connectivity index (χ2n) is 7.28. The lowest BCUT2D eigenvalue weighted by atomic mass is 10.1. The summed E-state index contributed by atoms with van der Waals surface area (Å²) in [5, 5.41) is 9.58. The van der Waals surface area contributed by atoms with E-state index in [9.17, 15) is 9.59 Å². The molecular weight excluding hydrogens is 414 g/mol. The van der Waals surface area contributed by atoms with Gasteiger partial charge in [0.05, 0.1) is 0 Å². The fourth-order valence-electron chi connectivity index (χ4n) is 3.23. The highest BCUT2D eigenvalue weighted by atomic mass is 35.5. The molecule has 7 heteroatoms. The van der Waals surface area contributed by atoms with Gasteiger partial charge in [-0.05, 0) is 72.6 Å². The van der Waals surface area contributed by atoms with Crippen molar-refractivity contribution in [3.05, 3.63) is 83.4 Å². The van der Waals surface area contributed by atoms with Crippen LogP contribution in [-0.4, -0.2) is 17.9 Å². The number of hydrogen-bond donors (Lipinski definition) is 3. The third kappa shape index (κ3) is 5.77. The molecule has 0 aliphatic carbocycles. The Morgan fingerprint density at radius 2 is 1.48 bits per heavy atom. The standard InChI is InChI=1S/C24H22ClN3O3/c25-17-3-1-16(2-4-17)15-26-18-5-9-20(10-6-18)31-21-11-7-19(8-12-21)27-22-13-14-23(29)28-24(22)30/h1-12,22,26-27H,13-15H2,(H,28,29,30)/t22-/m1/s1. The maximum Gasteiger partial charge on any atom is 0.249 e. The normalized spacial score (nSPS) is 15.8. The number of piperidine rings is 1. The van der Waals surface area contributed by atoms with Gasteiger partial charge < -0.3 is 15.4 Å². The van der Waals surface area contributed by atoms with Crippen LogP contribution < -0.4 is 20.7 Å². The number of imide groups is 1. The SMILES string of the molecule is O=C1CC[C@@H](Nc2ccc(Oc3ccc(NCc4ccc(Cl)cc4)cc3)cc2)C(=O)N1. The number of benzene rings is 3. The maximum atomic E-state index is 11.9. The molecule has 0 aromatic heterocycles. The lowest BCUT2D eigenvalue weighted by molar-refractivity contribution is -0.133. The topological polar surface area (TPSA) is 79.5 Å². The Balaban J connectivity index is 1.29. The first-order chi connectivity index (χ1) is 15.0. The zero-order valence-corrected chi connectivity index (χ0v) is 17.5. The molecule has 2 amide bonds. The van der Waals surface area contributed by atoms with Gasteiger partial charge in [0.2, 0.25) is 11.8 Å². The van der Waals surface area contributed by atoms with Crippen LogP contribution >= 0.6 is 11.6 Å². The molecule has 3 aromatic carbocycles. The molecule has 1 fully saturated rings. The van der Waals surface area contributed by atoms with E-state index in [1.165, 1.54) is 0 Å². The van der Waals surface area contributed by atoms with Crippen molar-refractivity contribution in [2.45, 2.75) is 25.4 Å². The highest BCUT2D eigenvalue weighted by molar-refractivity contribution is 6.30. The Bertz CT molecular complexity index is 1050. The monoisotopic (exact) mass is 435 g/mol. The number of hydrogen-bond acceptors (Lipinski definition) is 5. The maximum absolute atomic E-state index is 11.9. The summed E-state index contributed by atoms with van der Waals surface area (Å²) in [6.07, 6.45) is 0.830. The van der Waals surface area contributed by atoms with E-state index in [0.717, 1.165) is 27.7 Å². The van der Waals surface area contributed by atoms with E-state index in [4.69, 9.17) is 16.3 Å². The number of nitrogens with one attached hydrogen (secondary N) is 3. The predicted molar refractivity (Wildman–Crippen MR) is 122 cm³/mol. The average Bonchev–Trinajstić information content (AvgIpc) is 2.77. The Morgan fingerprint density at radius 3 is 2.10 bits per heavy atom. The van der Waals surface area contributed by atoms with Crippen LogP contribution in [0.1, 0.15) is 18.4 Å². The first kappa shape index (κ1) is 20.8. The van der Waals surface area contributed by atoms with Crippen LogP contribution in [0.2, 0.25) is 5.02 Å². The Hall–Kier alpha value is -3.51. The van der Waals surface area contributed by atoms with Crippen LogP contribution in [0.4, 0.5) is 11.4 Å². The molecule has 1 atom stereocenters. The van der Waals surface area contributed by atoms with Crippen molar-refractivity contribution in [1.29, 1.82) is 0 Å². The summed E-state index contributed by atoms with van der Waals surface area (Å²) in [5.74, 6) is 0.901. The zero-order chi connectivity index (χ0) is 21.6. The molecule has 0 bridgehead atoms. The summed E-state index contributed by atoms with van der Waals surface area (Å²) < 4.78 is 5.90. The lowest BCUT2D eigenvalue weighted by Crippen LogP contribution is -2.47. The molecule has 1 aliphatic heterocycles. The summed E-state index contributed by atoms with van der Waals surface area (Å²) in [4.78, 5) is 23.1. The van der Waals surface area contributed by atoms with Gasteiger partial charge in [0.1, 0.15) is 17.5 Å². The van der Waals surface area contributed by atoms with Crippen molar-refractivity contribution in [2.24, 2.45) is 0 Å². The van der Waals surface area contributed by atoms with Gasteiger partial charge in [-0.1, -0.05) is 23.7 Å². The summed E-state index contributed by atoms with van der Waals surface area (Å²) in [6, 6.07) is 22.4. The van der Waals surface area contributed by atoms with Gasteiger partial charge in [0.25, 0.3) is 0 Å². The third-order valence-electron chi connectivity index (χ3n) is 4.93. The predicted octanol–water partition coefficient (Wildman–Crippen LogP) is 4.96. The molecule has 0 radical (unpaired) electrons. The number of ether oxygens (including phenoxy) is 1. The van der Waals surface area contributed by atoms with Gasteiger partial charge in [-0.25, -0.2) is 0 Å². The molecule has 6 nitrogen and oxygen atoms in total. The molecule has 4 rings (SSSR count). The Morgan fingerprint density at radius 1 is 0.871 bits per heavy atom. The number of anilines is 2. The summed E-state index contributed by atoms with van der Waals surface area (Å²) in [7, 11) is 0. The summed E-state index contributed by atoms with van der Waals surface area (Å²) in [5.41, 5.74) is 2.94. The first-order valence-electron chi connectivity index (χ1n) is 10.0.